The van der Waals surface area contributed by atoms with Crippen molar-refractivity contribution >= 4 is 18.4 Å². The van der Waals surface area contributed by atoms with Gasteiger partial charge >= 0.3 is 0 Å². The minimum atomic E-state index is -2.48. The molecule has 2 aromatic rings. The Morgan fingerprint density at radius 3 is 2.21 bits per heavy atom. The van der Waals surface area contributed by atoms with Gasteiger partial charge in [-0.15, -0.1) is 0 Å². The maximum atomic E-state index is 2.79. The summed E-state index contributed by atoms with van der Waals surface area (Å²) in [7, 11) is -2.48. The summed E-state index contributed by atoms with van der Waals surface area (Å²) >= 11 is 0. The molecule has 0 bridgehead atoms. The Labute approximate surface area is 234 Å². The Morgan fingerprint density at radius 2 is 1.44 bits per heavy atom. The molecule has 0 spiro atoms. The normalized spacial score (nSPS) is 30.4. The van der Waals surface area contributed by atoms with Crippen LogP contribution in [0.3, 0.4) is 0 Å². The lowest BCUT2D eigenvalue weighted by molar-refractivity contribution is 0.192. The van der Waals surface area contributed by atoms with E-state index in [4.69, 9.17) is 0 Å². The Kier molecular flexibility index (Phi) is 6.46. The monoisotopic (exact) mass is 523 g/mol. The molecule has 1 saturated heterocycles. The fraction of sp³-hybridized carbons (Fsp3) is 0.243. The van der Waals surface area contributed by atoms with Crippen molar-refractivity contribution in [3.05, 3.63) is 156 Å². The minimum absolute atomic E-state index is 0.411. The van der Waals surface area contributed by atoms with E-state index < -0.39 is 8.07 Å². The van der Waals surface area contributed by atoms with Gasteiger partial charge in [-0.25, -0.2) is 0 Å². The molecule has 0 radical (unpaired) electrons. The highest BCUT2D eigenvalue weighted by atomic mass is 28.3. The molecule has 6 unspecified atom stereocenters. The lowest BCUT2D eigenvalue weighted by Gasteiger charge is -2.40. The average molecular weight is 524 g/mol. The number of aryl methyl sites for hydroxylation is 1. The largest absolute Gasteiger partial charge is 0.283 e. The number of hydrogen-bond acceptors (Lipinski definition) is 1. The average Bonchev–Trinajstić information content (AvgIpc) is 3.34. The number of likely N-dealkylation sites (tertiary alicyclic amines) is 1. The topological polar surface area (TPSA) is 3.24 Å². The highest BCUT2D eigenvalue weighted by Gasteiger charge is 2.51. The molecule has 1 nitrogen and oxygen atoms in total. The first kappa shape index (κ1) is 24.6. The highest BCUT2D eigenvalue weighted by Crippen LogP contribution is 2.46. The summed E-state index contributed by atoms with van der Waals surface area (Å²) in [5.74, 6) is 0.959. The second kappa shape index (κ2) is 10.3. The van der Waals surface area contributed by atoms with Crippen LogP contribution >= 0.6 is 0 Å². The number of fused-ring (bicyclic) bond motifs is 3. The Balaban J connectivity index is 1.42. The van der Waals surface area contributed by atoms with E-state index in [0.29, 0.717) is 30.0 Å². The second-order valence-electron chi connectivity index (χ2n) is 11.6. The second-order valence-corrected chi connectivity index (χ2v) is 15.4. The first-order valence-electron chi connectivity index (χ1n) is 14.6. The molecule has 0 N–H and O–H groups in total. The molecular formula is C37H37NSi. The number of benzene rings is 2. The molecule has 0 saturated carbocycles. The van der Waals surface area contributed by atoms with Crippen molar-refractivity contribution in [1.82, 2.24) is 4.90 Å². The van der Waals surface area contributed by atoms with Gasteiger partial charge in [0, 0.05) is 30.0 Å². The number of nitrogens with zero attached hydrogens (tertiary/aromatic N) is 1. The molecule has 2 heteroatoms. The third kappa shape index (κ3) is 4.09. The van der Waals surface area contributed by atoms with Gasteiger partial charge in [-0.05, 0) is 47.0 Å². The molecule has 1 heterocycles. The fourth-order valence-electron chi connectivity index (χ4n) is 7.66. The third-order valence-electron chi connectivity index (χ3n) is 9.41. The number of rotatable bonds is 5. The van der Waals surface area contributed by atoms with Gasteiger partial charge in [0.2, 0.25) is 0 Å². The summed E-state index contributed by atoms with van der Waals surface area (Å²) in [6, 6.07) is 22.2. The standard InChI is InChI=1S/C37H37NSi/c1-28-21-23-32(24-22-28)39(30-15-7-3-8-16-30,31-17-9-4-10-18-31)33-25-26-37-35(27-33)34-19-11-12-20-36(34)38(37)29-13-5-2-6-14-29/h2-3,5-9,11-13,15-27,29,34-37H,4,10,14H2,1H3. The Morgan fingerprint density at radius 1 is 0.667 bits per heavy atom. The van der Waals surface area contributed by atoms with Gasteiger partial charge in [-0.1, -0.05) is 145 Å². The summed E-state index contributed by atoms with van der Waals surface area (Å²) in [6.07, 6.45) is 37.2. The predicted molar refractivity (Wildman–Crippen MR) is 168 cm³/mol. The molecule has 6 atom stereocenters. The van der Waals surface area contributed by atoms with Gasteiger partial charge in [0.1, 0.15) is 0 Å². The maximum Gasteiger partial charge on any atom is 0.178 e. The molecule has 1 fully saturated rings. The van der Waals surface area contributed by atoms with Gasteiger partial charge in [-0.3, -0.25) is 4.90 Å². The van der Waals surface area contributed by atoms with E-state index in [-0.39, 0.29) is 0 Å². The number of hydrogen-bond donors (Lipinski definition) is 0. The van der Waals surface area contributed by atoms with Crippen LogP contribution < -0.4 is 10.4 Å². The first-order valence-corrected chi connectivity index (χ1v) is 16.6. The van der Waals surface area contributed by atoms with Crippen molar-refractivity contribution in [2.24, 2.45) is 11.8 Å². The third-order valence-corrected chi connectivity index (χ3v) is 14.2. The van der Waals surface area contributed by atoms with Crippen LogP contribution in [0.4, 0.5) is 0 Å². The molecule has 7 rings (SSSR count). The van der Waals surface area contributed by atoms with E-state index in [0.717, 1.165) is 19.3 Å². The summed E-state index contributed by atoms with van der Waals surface area (Å²) < 4.78 is 0. The fourth-order valence-corrected chi connectivity index (χ4v) is 12.6. The number of allylic oxidation sites excluding steroid dienone is 10. The Bertz CT molecular complexity index is 1470. The van der Waals surface area contributed by atoms with Crippen LogP contribution in [-0.2, 0) is 0 Å². The van der Waals surface area contributed by atoms with E-state index in [2.05, 4.69) is 151 Å². The van der Waals surface area contributed by atoms with E-state index in [1.165, 1.54) is 21.1 Å². The summed E-state index contributed by atoms with van der Waals surface area (Å²) in [5.41, 5.74) is 1.32. The summed E-state index contributed by atoms with van der Waals surface area (Å²) in [5, 5.41) is 6.03. The van der Waals surface area contributed by atoms with Gasteiger partial charge in [0.05, 0.1) is 0 Å². The van der Waals surface area contributed by atoms with E-state index >= 15 is 0 Å². The van der Waals surface area contributed by atoms with Gasteiger partial charge in [-0.2, -0.15) is 0 Å². The summed E-state index contributed by atoms with van der Waals surface area (Å²) in [4.78, 5) is 2.79. The molecule has 1 aliphatic heterocycles. The van der Waals surface area contributed by atoms with E-state index in [1.807, 2.05) is 0 Å². The zero-order chi connectivity index (χ0) is 26.2. The van der Waals surface area contributed by atoms with Crippen LogP contribution in [0.5, 0.6) is 0 Å². The van der Waals surface area contributed by atoms with Crippen molar-refractivity contribution in [2.75, 3.05) is 0 Å². The van der Waals surface area contributed by atoms with E-state index in [1.54, 1.807) is 5.20 Å². The molecule has 39 heavy (non-hydrogen) atoms. The summed E-state index contributed by atoms with van der Waals surface area (Å²) in [6.45, 7) is 2.20. The first-order chi connectivity index (χ1) is 19.3. The zero-order valence-corrected chi connectivity index (χ0v) is 23.7. The smallest absolute Gasteiger partial charge is 0.178 e. The van der Waals surface area contributed by atoms with E-state index in [9.17, 15) is 0 Å². The maximum absolute atomic E-state index is 2.79. The molecule has 2 aromatic carbocycles. The molecule has 194 valence electrons. The molecule has 5 aliphatic rings. The molecule has 0 aromatic heterocycles. The molecular weight excluding hydrogens is 487 g/mol. The van der Waals surface area contributed by atoms with Crippen molar-refractivity contribution in [3.63, 3.8) is 0 Å². The minimum Gasteiger partial charge on any atom is -0.283 e. The van der Waals surface area contributed by atoms with Gasteiger partial charge in [0.15, 0.2) is 8.07 Å². The van der Waals surface area contributed by atoms with Crippen LogP contribution in [-0.4, -0.2) is 31.1 Å². The van der Waals surface area contributed by atoms with Crippen molar-refractivity contribution in [3.8, 4) is 0 Å². The van der Waals surface area contributed by atoms with Gasteiger partial charge in [0.25, 0.3) is 0 Å². The predicted octanol–water partition coefficient (Wildman–Crippen LogP) is 6.70. The van der Waals surface area contributed by atoms with Crippen LogP contribution in [0.2, 0.25) is 0 Å². The lowest BCUT2D eigenvalue weighted by atomic mass is 9.83. The quantitative estimate of drug-likeness (QED) is 0.394. The highest BCUT2D eigenvalue weighted by molar-refractivity contribution is 7.13. The van der Waals surface area contributed by atoms with Crippen molar-refractivity contribution in [2.45, 2.75) is 44.3 Å². The van der Waals surface area contributed by atoms with Crippen LogP contribution in [0, 0.1) is 18.8 Å². The van der Waals surface area contributed by atoms with Gasteiger partial charge < -0.3 is 0 Å². The van der Waals surface area contributed by atoms with Crippen LogP contribution in [0.1, 0.15) is 24.8 Å². The molecule has 0 amide bonds. The van der Waals surface area contributed by atoms with Crippen LogP contribution in [0.25, 0.3) is 0 Å². The van der Waals surface area contributed by atoms with Crippen molar-refractivity contribution < 1.29 is 0 Å². The molecule has 4 aliphatic carbocycles. The van der Waals surface area contributed by atoms with Crippen molar-refractivity contribution in [1.29, 1.82) is 0 Å². The lowest BCUT2D eigenvalue weighted by Crippen LogP contribution is -2.62. The van der Waals surface area contributed by atoms with Crippen LogP contribution in [0.15, 0.2) is 150 Å². The SMILES string of the molecule is Cc1ccc([Si](C2=CCCC=C2)(C2=CC3C4C=CC=CC4N(C4C=CC=CC4)C3C=C2)c2ccccc2)cc1. The Hall–Kier alpha value is -3.46. The zero-order valence-electron chi connectivity index (χ0n) is 22.7.